The first-order valence-electron chi connectivity index (χ1n) is 21.0. The van der Waals surface area contributed by atoms with E-state index in [0.717, 1.165) is 29.7 Å². The van der Waals surface area contributed by atoms with E-state index >= 15 is 0 Å². The van der Waals surface area contributed by atoms with Crippen molar-refractivity contribution in [3.05, 3.63) is 47.7 Å². The summed E-state index contributed by atoms with van der Waals surface area (Å²) in [5.41, 5.74) is 6.04. The molecule has 13 nitrogen and oxygen atoms in total. The summed E-state index contributed by atoms with van der Waals surface area (Å²) in [7, 11) is 4.73. The molecule has 5 aliphatic rings. The molecule has 1 amide bonds. The van der Waals surface area contributed by atoms with E-state index in [1.807, 2.05) is 19.9 Å². The summed E-state index contributed by atoms with van der Waals surface area (Å²) in [6, 6.07) is -1.05. The van der Waals surface area contributed by atoms with Crippen molar-refractivity contribution >= 4 is 17.7 Å². The van der Waals surface area contributed by atoms with Crippen LogP contribution in [0.15, 0.2) is 47.7 Å². The second-order valence-corrected chi connectivity index (χ2v) is 17.3. The van der Waals surface area contributed by atoms with Crippen LogP contribution in [-0.4, -0.2) is 115 Å². The third-order valence-electron chi connectivity index (χ3n) is 13.0. The average molecular weight is 801 g/mol. The van der Waals surface area contributed by atoms with Gasteiger partial charge in [0.25, 0.3) is 11.7 Å². The summed E-state index contributed by atoms with van der Waals surface area (Å²) in [5, 5.41) is 22.5. The molecular formula is C44H68N2O11. The highest BCUT2D eigenvalue weighted by atomic mass is 16.7. The topological polar surface area (TPSA) is 162 Å². The van der Waals surface area contributed by atoms with Gasteiger partial charge in [-0.05, 0) is 102 Å². The number of rotatable bonds is 7. The number of amides is 1. The van der Waals surface area contributed by atoms with Gasteiger partial charge < -0.3 is 38.8 Å². The number of ether oxygens (including phenoxy) is 5. The first-order chi connectivity index (χ1) is 27.1. The molecule has 0 radical (unpaired) electrons. The van der Waals surface area contributed by atoms with Crippen LogP contribution >= 0.6 is 0 Å². The molecule has 2 saturated heterocycles. The number of carbonyl (C=O) groups excluding carboxylic acids is 3. The smallest absolute Gasteiger partial charge is 0.329 e. The van der Waals surface area contributed by atoms with Gasteiger partial charge in [-0.15, -0.1) is 6.58 Å². The van der Waals surface area contributed by atoms with Crippen molar-refractivity contribution in [2.75, 3.05) is 27.9 Å². The number of aliphatic hydroxyl groups excluding tert-OH is 1. The number of ketones is 1. The second kappa shape index (κ2) is 19.9. The lowest BCUT2D eigenvalue weighted by atomic mass is 9.82. The molecule has 1 aliphatic carbocycles. The van der Waals surface area contributed by atoms with Crippen LogP contribution < -0.4 is 5.48 Å². The number of hydrogen-bond donors (Lipinski definition) is 3. The predicted molar refractivity (Wildman–Crippen MR) is 213 cm³/mol. The number of cyclic esters (lactones) is 1. The molecule has 1 saturated carbocycles. The molecule has 14 atom stereocenters. The molecular weight excluding hydrogens is 732 g/mol. The third-order valence-corrected chi connectivity index (χ3v) is 13.0. The zero-order chi connectivity index (χ0) is 41.6. The fraction of sp³-hybridized carbons (Fsp3) is 0.750. The van der Waals surface area contributed by atoms with Crippen molar-refractivity contribution in [2.24, 2.45) is 29.6 Å². The van der Waals surface area contributed by atoms with Gasteiger partial charge in [0, 0.05) is 51.3 Å². The maximum Gasteiger partial charge on any atom is 0.329 e. The van der Waals surface area contributed by atoms with Crippen molar-refractivity contribution in [2.45, 2.75) is 153 Å². The number of methoxy groups -OCH3 is 3. The molecule has 13 heteroatoms. The van der Waals surface area contributed by atoms with E-state index < -0.39 is 72.0 Å². The van der Waals surface area contributed by atoms with E-state index in [-0.39, 0.29) is 42.7 Å². The monoisotopic (exact) mass is 800 g/mol. The van der Waals surface area contributed by atoms with Crippen molar-refractivity contribution in [1.82, 2.24) is 10.4 Å². The summed E-state index contributed by atoms with van der Waals surface area (Å²) >= 11 is 0. The van der Waals surface area contributed by atoms with Crippen molar-refractivity contribution in [1.29, 1.82) is 0 Å². The molecule has 57 heavy (non-hydrogen) atoms. The number of Topliss-reactive ketones (excluding diaryl/α,β-unsaturated/α-hetero) is 1. The Morgan fingerprint density at radius 1 is 1.00 bits per heavy atom. The molecule has 0 spiro atoms. The van der Waals surface area contributed by atoms with Gasteiger partial charge in [-0.25, -0.2) is 4.79 Å². The third kappa shape index (κ3) is 10.3. The molecule has 4 heterocycles. The van der Waals surface area contributed by atoms with E-state index in [4.69, 9.17) is 28.5 Å². The first kappa shape index (κ1) is 45.2. The average Bonchev–Trinajstić information content (AvgIpc) is 3.69. The van der Waals surface area contributed by atoms with Crippen LogP contribution in [0.25, 0.3) is 0 Å². The zero-order valence-electron chi connectivity index (χ0n) is 35.3. The number of allylic oxidation sites excluding steroid dienone is 4. The normalized spacial score (nSPS) is 40.5. The number of aliphatic hydroxyl groups is 2. The largest absolute Gasteiger partial charge is 0.456 e. The van der Waals surface area contributed by atoms with E-state index in [1.165, 1.54) is 4.90 Å². The summed E-state index contributed by atoms with van der Waals surface area (Å²) < 4.78 is 30.1. The Morgan fingerprint density at radius 3 is 2.39 bits per heavy atom. The van der Waals surface area contributed by atoms with Gasteiger partial charge in [0.1, 0.15) is 24.4 Å². The number of carbonyl (C=O) groups is 3. The van der Waals surface area contributed by atoms with Crippen molar-refractivity contribution in [3.63, 3.8) is 0 Å². The van der Waals surface area contributed by atoms with Gasteiger partial charge in [-0.3, -0.25) is 19.9 Å². The van der Waals surface area contributed by atoms with Gasteiger partial charge in [-0.2, -0.15) is 0 Å². The van der Waals surface area contributed by atoms with Crippen LogP contribution in [0.3, 0.4) is 0 Å². The molecule has 3 fully saturated rings. The van der Waals surface area contributed by atoms with Crippen LogP contribution in [-0.2, 0) is 42.9 Å². The van der Waals surface area contributed by atoms with Crippen LogP contribution in [0, 0.1) is 29.6 Å². The quantitative estimate of drug-likeness (QED) is 0.178. The highest BCUT2D eigenvalue weighted by molar-refractivity contribution is 6.39. The minimum absolute atomic E-state index is 0.0413. The number of nitrogens with zero attached hydrogens (tertiary/aromatic N) is 1. The fourth-order valence-corrected chi connectivity index (χ4v) is 9.68. The lowest BCUT2D eigenvalue weighted by Gasteiger charge is -2.47. The van der Waals surface area contributed by atoms with Gasteiger partial charge >= 0.3 is 5.97 Å². The molecule has 0 aromatic carbocycles. The summed E-state index contributed by atoms with van der Waals surface area (Å²) in [5.74, 6) is -6.20. The zero-order valence-corrected chi connectivity index (χ0v) is 35.3. The minimum atomic E-state index is -2.46. The highest BCUT2D eigenvalue weighted by Gasteiger charge is 2.56. The van der Waals surface area contributed by atoms with E-state index in [2.05, 4.69) is 44.1 Å². The molecule has 320 valence electrons. The SMILES string of the molecule is C=CCC1C=C(C)CC(C)CC(OC)C2OC(O)(C(=O)C(=O)N3CCCCC3C(=O)OC(C(C)=CC3CCC(O)C(OC)C3)C(C)[C@H]3C=C1NO3)C(C)CC2OC. The number of fused-ring (bicyclic) bond motifs is 4. The van der Waals surface area contributed by atoms with Crippen molar-refractivity contribution in [3.8, 4) is 0 Å². The van der Waals surface area contributed by atoms with Gasteiger partial charge in [-0.1, -0.05) is 44.6 Å². The molecule has 0 aromatic rings. The van der Waals surface area contributed by atoms with Gasteiger partial charge in [0.05, 0.1) is 24.4 Å². The van der Waals surface area contributed by atoms with E-state index in [0.29, 0.717) is 44.9 Å². The number of esters is 1. The van der Waals surface area contributed by atoms with Gasteiger partial charge in [0.15, 0.2) is 0 Å². The van der Waals surface area contributed by atoms with E-state index in [1.54, 1.807) is 28.3 Å². The Hall–Kier alpha value is -2.91. The molecule has 4 bridgehead atoms. The maximum atomic E-state index is 14.4. The number of piperidine rings is 1. The predicted octanol–water partition coefficient (Wildman–Crippen LogP) is 5.11. The van der Waals surface area contributed by atoms with Crippen LogP contribution in [0.4, 0.5) is 0 Å². The second-order valence-electron chi connectivity index (χ2n) is 17.3. The Labute approximate surface area is 339 Å². The Balaban J connectivity index is 1.56. The highest BCUT2D eigenvalue weighted by Crippen LogP contribution is 2.39. The lowest BCUT2D eigenvalue weighted by molar-refractivity contribution is -0.302. The summed E-state index contributed by atoms with van der Waals surface area (Å²) in [4.78, 5) is 50.4. The van der Waals surface area contributed by atoms with E-state index in [9.17, 15) is 24.6 Å². The molecule has 4 aliphatic heterocycles. The lowest BCUT2D eigenvalue weighted by Crippen LogP contribution is -2.64. The molecule has 0 aromatic heterocycles. The Morgan fingerprint density at radius 2 is 1.70 bits per heavy atom. The van der Waals surface area contributed by atoms with Crippen LogP contribution in [0.2, 0.25) is 0 Å². The summed E-state index contributed by atoms with van der Waals surface area (Å²) in [6.45, 7) is 14.0. The number of hydroxylamine groups is 1. The number of nitrogens with one attached hydrogen (secondary N) is 1. The van der Waals surface area contributed by atoms with Gasteiger partial charge in [0.2, 0.25) is 5.79 Å². The van der Waals surface area contributed by atoms with Crippen molar-refractivity contribution < 1.29 is 53.1 Å². The molecule has 3 N–H and O–H groups in total. The van der Waals surface area contributed by atoms with Crippen LogP contribution in [0.1, 0.15) is 98.8 Å². The molecule has 5 rings (SSSR count). The number of hydrogen-bond acceptors (Lipinski definition) is 12. The fourth-order valence-electron chi connectivity index (χ4n) is 9.68. The maximum absolute atomic E-state index is 14.4. The standard InChI is InChI=1S/C44H68N2O11/c1-10-13-31-19-25(2)18-26(3)20-37(53-8)40-38(54-9)22-28(5)44(51,56-40)41(48)42(49)46-17-12-11-14-33(46)43(50)55-39(29(6)35-24-32(31)45-57-35)27(4)21-30-15-16-34(47)36(23-30)52-7/h10,19,21,24,26,28-31,33-40,45,47,51H,1,11-18,20,22-23H2,2-9H3/t26?,28?,29?,30?,31?,33?,34?,35-,36?,37?,38?,39?,40?,44?/m1/s1. The Kier molecular flexibility index (Phi) is 15.8. The minimum Gasteiger partial charge on any atom is -0.456 e. The summed E-state index contributed by atoms with van der Waals surface area (Å²) in [6.07, 6.45) is 9.99. The Bertz CT molecular complexity index is 1530. The van der Waals surface area contributed by atoms with Crippen LogP contribution in [0.5, 0.6) is 0 Å². The first-order valence-corrected chi connectivity index (χ1v) is 21.0. The molecule has 13 unspecified atom stereocenters.